The zero-order valence-electron chi connectivity index (χ0n) is 9.13. The second kappa shape index (κ2) is 4.81. The minimum Gasteiger partial charge on any atom is -0.481 e. The van der Waals surface area contributed by atoms with Crippen LogP contribution in [0.2, 0.25) is 0 Å². The van der Waals surface area contributed by atoms with Crippen molar-refractivity contribution in [2.45, 2.75) is 13.2 Å². The van der Waals surface area contributed by atoms with E-state index in [9.17, 15) is 0 Å². The number of nitrogens with zero attached hydrogens (tertiary/aromatic N) is 2. The Morgan fingerprint density at radius 1 is 1.31 bits per heavy atom. The summed E-state index contributed by atoms with van der Waals surface area (Å²) in [5.74, 6) is 0.607. The minimum absolute atomic E-state index is 0.0387. The first kappa shape index (κ1) is 10.7. The highest BCUT2D eigenvalue weighted by molar-refractivity contribution is 5.17. The van der Waals surface area contributed by atoms with Gasteiger partial charge in [-0.05, 0) is 18.2 Å². The Labute approximate surface area is 94.1 Å². The van der Waals surface area contributed by atoms with Crippen molar-refractivity contribution in [1.29, 1.82) is 0 Å². The molecule has 0 radical (unpaired) electrons. The molecule has 0 aliphatic heterocycles. The minimum atomic E-state index is 0.0387. The number of pyridine rings is 1. The van der Waals surface area contributed by atoms with Crippen LogP contribution in [-0.2, 0) is 13.2 Å². The maximum Gasteiger partial charge on any atom is 0.213 e. The standard InChI is InChI=1S/C12H14N2O2/c1-16-12-6-2-4-10(13-12)8-14-7-3-5-11(14)9-15/h2-7,15H,8-9H2,1H3. The lowest BCUT2D eigenvalue weighted by Crippen LogP contribution is -2.05. The predicted molar refractivity (Wildman–Crippen MR) is 60.2 cm³/mol. The lowest BCUT2D eigenvalue weighted by Gasteiger charge is -2.07. The summed E-state index contributed by atoms with van der Waals surface area (Å²) in [4.78, 5) is 4.32. The first-order valence-electron chi connectivity index (χ1n) is 5.08. The third-order valence-corrected chi connectivity index (χ3v) is 2.41. The number of aromatic nitrogens is 2. The van der Waals surface area contributed by atoms with Crippen LogP contribution >= 0.6 is 0 Å². The van der Waals surface area contributed by atoms with Crippen molar-refractivity contribution in [3.8, 4) is 5.88 Å². The van der Waals surface area contributed by atoms with E-state index in [4.69, 9.17) is 9.84 Å². The molecule has 4 heteroatoms. The number of aliphatic hydroxyl groups excluding tert-OH is 1. The third kappa shape index (κ3) is 2.23. The first-order chi connectivity index (χ1) is 7.83. The van der Waals surface area contributed by atoms with Gasteiger partial charge in [0.2, 0.25) is 5.88 Å². The molecule has 0 unspecified atom stereocenters. The van der Waals surface area contributed by atoms with E-state index in [1.165, 1.54) is 0 Å². The number of hydrogen-bond donors (Lipinski definition) is 1. The summed E-state index contributed by atoms with van der Waals surface area (Å²) < 4.78 is 7.02. The molecule has 2 rings (SSSR count). The molecule has 0 spiro atoms. The van der Waals surface area contributed by atoms with Crippen molar-refractivity contribution in [3.63, 3.8) is 0 Å². The lowest BCUT2D eigenvalue weighted by molar-refractivity contribution is 0.271. The fourth-order valence-electron chi connectivity index (χ4n) is 1.58. The van der Waals surface area contributed by atoms with Crippen LogP contribution in [0, 0.1) is 0 Å². The van der Waals surface area contributed by atoms with Crippen molar-refractivity contribution < 1.29 is 9.84 Å². The number of ether oxygens (including phenoxy) is 1. The molecule has 0 aliphatic rings. The number of hydrogen-bond acceptors (Lipinski definition) is 3. The molecule has 2 aromatic rings. The lowest BCUT2D eigenvalue weighted by atomic mass is 10.3. The molecule has 0 saturated carbocycles. The summed E-state index contributed by atoms with van der Waals surface area (Å²) >= 11 is 0. The van der Waals surface area contributed by atoms with E-state index in [-0.39, 0.29) is 6.61 Å². The maximum absolute atomic E-state index is 9.12. The van der Waals surface area contributed by atoms with Crippen LogP contribution in [0.3, 0.4) is 0 Å². The SMILES string of the molecule is COc1cccc(Cn2cccc2CO)n1. The average Bonchev–Trinajstić information content (AvgIpc) is 2.76. The normalized spacial score (nSPS) is 10.4. The molecule has 4 nitrogen and oxygen atoms in total. The summed E-state index contributed by atoms with van der Waals surface area (Å²) in [5.41, 5.74) is 1.79. The molecule has 0 bridgehead atoms. The molecule has 0 aliphatic carbocycles. The highest BCUT2D eigenvalue weighted by Crippen LogP contribution is 2.10. The summed E-state index contributed by atoms with van der Waals surface area (Å²) in [6.07, 6.45) is 1.92. The molecule has 0 saturated heterocycles. The van der Waals surface area contributed by atoms with Crippen molar-refractivity contribution in [2.24, 2.45) is 0 Å². The highest BCUT2D eigenvalue weighted by Gasteiger charge is 2.02. The Morgan fingerprint density at radius 2 is 2.19 bits per heavy atom. The summed E-state index contributed by atoms with van der Waals surface area (Å²) in [6.45, 7) is 0.678. The topological polar surface area (TPSA) is 47.3 Å². The van der Waals surface area contributed by atoms with Crippen molar-refractivity contribution in [1.82, 2.24) is 9.55 Å². The molecule has 0 atom stereocenters. The van der Waals surface area contributed by atoms with Gasteiger partial charge in [-0.15, -0.1) is 0 Å². The van der Waals surface area contributed by atoms with E-state index in [0.29, 0.717) is 12.4 Å². The largest absolute Gasteiger partial charge is 0.481 e. The molecule has 16 heavy (non-hydrogen) atoms. The third-order valence-electron chi connectivity index (χ3n) is 2.41. The van der Waals surface area contributed by atoms with E-state index in [1.807, 2.05) is 41.1 Å². The smallest absolute Gasteiger partial charge is 0.213 e. The zero-order valence-corrected chi connectivity index (χ0v) is 9.13. The van der Waals surface area contributed by atoms with Gasteiger partial charge in [-0.1, -0.05) is 6.07 Å². The fraction of sp³-hybridized carbons (Fsp3) is 0.250. The molecule has 84 valence electrons. The van der Waals surface area contributed by atoms with Gasteiger partial charge in [0.15, 0.2) is 0 Å². The molecular weight excluding hydrogens is 204 g/mol. The summed E-state index contributed by atoms with van der Waals surface area (Å²) in [5, 5.41) is 9.12. The molecule has 0 aromatic carbocycles. The quantitative estimate of drug-likeness (QED) is 0.844. The van der Waals surface area contributed by atoms with E-state index in [0.717, 1.165) is 11.4 Å². The second-order valence-electron chi connectivity index (χ2n) is 3.46. The number of aliphatic hydroxyl groups is 1. The average molecular weight is 218 g/mol. The Kier molecular flexibility index (Phi) is 3.22. The van der Waals surface area contributed by atoms with Gasteiger partial charge in [-0.2, -0.15) is 0 Å². The first-order valence-corrected chi connectivity index (χ1v) is 5.08. The molecule has 0 fully saturated rings. The molecule has 0 amide bonds. The van der Waals surface area contributed by atoms with Gasteiger partial charge < -0.3 is 14.4 Å². The van der Waals surface area contributed by atoms with Crippen LogP contribution < -0.4 is 4.74 Å². The van der Waals surface area contributed by atoms with Crippen molar-refractivity contribution in [2.75, 3.05) is 7.11 Å². The number of rotatable bonds is 4. The molecular formula is C12H14N2O2. The van der Waals surface area contributed by atoms with Gasteiger partial charge in [0.25, 0.3) is 0 Å². The van der Waals surface area contributed by atoms with Gasteiger partial charge in [-0.3, -0.25) is 0 Å². The maximum atomic E-state index is 9.12. The zero-order chi connectivity index (χ0) is 11.4. The number of methoxy groups -OCH3 is 1. The van der Waals surface area contributed by atoms with Crippen LogP contribution in [0.1, 0.15) is 11.4 Å². The molecule has 1 N–H and O–H groups in total. The highest BCUT2D eigenvalue weighted by atomic mass is 16.5. The van der Waals surface area contributed by atoms with E-state index >= 15 is 0 Å². The summed E-state index contributed by atoms with van der Waals surface area (Å²) in [7, 11) is 1.60. The Morgan fingerprint density at radius 3 is 2.94 bits per heavy atom. The van der Waals surface area contributed by atoms with Crippen molar-refractivity contribution >= 4 is 0 Å². The monoisotopic (exact) mass is 218 g/mol. The van der Waals surface area contributed by atoms with Crippen LogP contribution in [0.25, 0.3) is 0 Å². The van der Waals surface area contributed by atoms with Crippen LogP contribution in [0.5, 0.6) is 5.88 Å². The Bertz CT molecular complexity index is 466. The van der Waals surface area contributed by atoms with Crippen LogP contribution in [0.4, 0.5) is 0 Å². The fourth-order valence-corrected chi connectivity index (χ4v) is 1.58. The van der Waals surface area contributed by atoms with Crippen molar-refractivity contribution in [3.05, 3.63) is 47.9 Å². The van der Waals surface area contributed by atoms with Gasteiger partial charge >= 0.3 is 0 Å². The predicted octanol–water partition coefficient (Wildman–Crippen LogP) is 1.43. The van der Waals surface area contributed by atoms with E-state index in [2.05, 4.69) is 4.98 Å². The van der Waals surface area contributed by atoms with Crippen LogP contribution in [-0.4, -0.2) is 21.8 Å². The van der Waals surface area contributed by atoms with Gasteiger partial charge in [-0.25, -0.2) is 4.98 Å². The van der Waals surface area contributed by atoms with Crippen LogP contribution in [0.15, 0.2) is 36.5 Å². The molecule has 2 heterocycles. The second-order valence-corrected chi connectivity index (χ2v) is 3.46. The van der Waals surface area contributed by atoms with Gasteiger partial charge in [0.05, 0.1) is 26.0 Å². The van der Waals surface area contributed by atoms with Gasteiger partial charge in [0, 0.05) is 18.0 Å². The van der Waals surface area contributed by atoms with Gasteiger partial charge in [0.1, 0.15) is 0 Å². The molecule has 2 aromatic heterocycles. The van der Waals surface area contributed by atoms with E-state index < -0.39 is 0 Å². The Hall–Kier alpha value is -1.81. The Balaban J connectivity index is 2.20. The van der Waals surface area contributed by atoms with E-state index in [1.54, 1.807) is 7.11 Å². The summed E-state index contributed by atoms with van der Waals surface area (Å²) in [6, 6.07) is 9.45.